The van der Waals surface area contributed by atoms with Gasteiger partial charge in [0.15, 0.2) is 0 Å². The molecule has 0 bridgehead atoms. The highest BCUT2D eigenvalue weighted by Crippen LogP contribution is 2.53. The second kappa shape index (κ2) is 15.3. The van der Waals surface area contributed by atoms with Crippen molar-refractivity contribution in [1.82, 2.24) is 30.0 Å². The first-order valence-electron chi connectivity index (χ1n) is 22.9. The Morgan fingerprint density at radius 3 is 2.34 bits per heavy atom. The summed E-state index contributed by atoms with van der Waals surface area (Å²) < 4.78 is 8.56. The molecule has 318 valence electrons. The second-order valence-corrected chi connectivity index (χ2v) is 19.7. The van der Waals surface area contributed by atoms with E-state index < -0.39 is 0 Å². The molecule has 4 aromatic rings. The molecule has 0 atom stereocenters. The topological polar surface area (TPSA) is 126 Å². The van der Waals surface area contributed by atoms with Gasteiger partial charge in [-0.1, -0.05) is 55.1 Å². The van der Waals surface area contributed by atoms with Gasteiger partial charge in [-0.15, -0.1) is 0 Å². The van der Waals surface area contributed by atoms with Gasteiger partial charge in [0.05, 0.1) is 33.6 Å². The average Bonchev–Trinajstić information content (AvgIpc) is 3.90. The van der Waals surface area contributed by atoms with E-state index in [1.807, 2.05) is 18.2 Å². The number of nitrogens with zero attached hydrogens (tertiary/aromatic N) is 4. The number of ether oxygens (including phenoxy) is 1. The highest BCUT2D eigenvalue weighted by molar-refractivity contribution is 6.35. The van der Waals surface area contributed by atoms with E-state index in [4.69, 9.17) is 21.3 Å². The number of amides is 3. The first-order chi connectivity index (χ1) is 29.7. The van der Waals surface area contributed by atoms with Gasteiger partial charge < -0.3 is 19.9 Å². The van der Waals surface area contributed by atoms with Crippen molar-refractivity contribution >= 4 is 40.2 Å². The van der Waals surface area contributed by atoms with Crippen LogP contribution in [-0.2, 0) is 27.0 Å². The summed E-state index contributed by atoms with van der Waals surface area (Å²) in [5.74, 6) is 3.05. The van der Waals surface area contributed by atoms with Crippen LogP contribution in [0.2, 0.25) is 5.02 Å². The molecule has 2 saturated carbocycles. The van der Waals surface area contributed by atoms with E-state index >= 15 is 0 Å². The summed E-state index contributed by atoms with van der Waals surface area (Å²) in [7, 11) is 0. The molecule has 2 spiro atoms. The number of nitrogens with one attached hydrogen (secondary N) is 2. The van der Waals surface area contributed by atoms with Crippen molar-refractivity contribution in [3.8, 4) is 11.4 Å². The van der Waals surface area contributed by atoms with E-state index in [1.54, 1.807) is 6.07 Å². The largest absolute Gasteiger partial charge is 0.492 e. The standard InChI is InChI=1S/C44H48ClN5O3.C5H7NO2/c45-35-5-4-6-37-38(35)41(52)47-42-44(13-2-1-3-14-44)34-23-29(7-10-36(34)50(37)42)28-11-17-49(18-12-28)30-21-27(22-30)25-48-19-15-43(16-20-48)26-53-39-32-24-46-40(51)31(32)8-9-33(39)43;7-4-2-1-3-5(8)6-4/h4-10,23,27-28,30H,1-3,11-22,24-26H2,(H,46,51);1-3H2,(H,6,7,8). The zero-order valence-electron chi connectivity index (χ0n) is 34.9. The molecule has 3 aromatic carbocycles. The third kappa shape index (κ3) is 6.63. The van der Waals surface area contributed by atoms with Crippen molar-refractivity contribution < 1.29 is 19.1 Å². The lowest BCUT2D eigenvalue weighted by atomic mass is 9.69. The molecule has 12 rings (SSSR count). The van der Waals surface area contributed by atoms with E-state index in [0.717, 1.165) is 85.6 Å². The van der Waals surface area contributed by atoms with Crippen molar-refractivity contribution in [2.45, 2.75) is 119 Å². The van der Waals surface area contributed by atoms with Gasteiger partial charge in [0.1, 0.15) is 11.6 Å². The van der Waals surface area contributed by atoms with E-state index in [9.17, 15) is 19.2 Å². The normalized spacial score (nSPS) is 25.2. The smallest absolute Gasteiger partial charge is 0.282 e. The number of carbonyl (C=O) groups is 3. The molecule has 12 heteroatoms. The molecule has 0 radical (unpaired) electrons. The Morgan fingerprint density at radius 2 is 1.61 bits per heavy atom. The number of aromatic nitrogens is 2. The van der Waals surface area contributed by atoms with Crippen LogP contribution >= 0.6 is 11.6 Å². The number of halogens is 1. The molecule has 2 aliphatic carbocycles. The van der Waals surface area contributed by atoms with E-state index in [-0.39, 0.29) is 34.1 Å². The lowest BCUT2D eigenvalue weighted by Crippen LogP contribution is -2.52. The van der Waals surface area contributed by atoms with Crippen LogP contribution in [0, 0.1) is 5.92 Å². The maximum absolute atomic E-state index is 13.4. The lowest BCUT2D eigenvalue weighted by molar-refractivity contribution is -0.132. The number of piperidine rings is 3. The molecule has 1 aromatic heterocycles. The van der Waals surface area contributed by atoms with Gasteiger partial charge in [0.2, 0.25) is 11.8 Å². The number of hydrogen-bond acceptors (Lipinski definition) is 8. The molecular weight excluding hydrogens is 788 g/mol. The highest BCUT2D eigenvalue weighted by Gasteiger charge is 2.48. The molecule has 61 heavy (non-hydrogen) atoms. The minimum atomic E-state index is -0.198. The fourth-order valence-corrected chi connectivity index (χ4v) is 12.7. The summed E-state index contributed by atoms with van der Waals surface area (Å²) in [4.78, 5) is 56.5. The van der Waals surface area contributed by atoms with Crippen LogP contribution in [0.15, 0.2) is 53.3 Å². The van der Waals surface area contributed by atoms with E-state index in [0.29, 0.717) is 42.1 Å². The first kappa shape index (κ1) is 39.3. The van der Waals surface area contributed by atoms with Gasteiger partial charge in [-0.05, 0) is 131 Å². The summed E-state index contributed by atoms with van der Waals surface area (Å²) in [6, 6.07) is 17.9. The highest BCUT2D eigenvalue weighted by atomic mass is 35.5. The summed E-state index contributed by atoms with van der Waals surface area (Å²) in [5, 5.41) is 6.18. The molecule has 11 nitrogen and oxygen atoms in total. The zero-order chi connectivity index (χ0) is 41.5. The maximum Gasteiger partial charge on any atom is 0.282 e. The second-order valence-electron chi connectivity index (χ2n) is 19.3. The minimum Gasteiger partial charge on any atom is -0.492 e. The Kier molecular flexibility index (Phi) is 9.88. The molecular formula is C49H55ClN6O5. The molecule has 3 amide bonds. The summed E-state index contributed by atoms with van der Waals surface area (Å²) in [6.07, 6.45) is 14.7. The molecule has 6 aliphatic heterocycles. The van der Waals surface area contributed by atoms with E-state index in [2.05, 4.69) is 49.3 Å². The van der Waals surface area contributed by atoms with Crippen LogP contribution in [0.3, 0.4) is 0 Å². The number of carbonyl (C=O) groups excluding carboxylic acids is 3. The maximum atomic E-state index is 13.4. The Labute approximate surface area is 361 Å². The van der Waals surface area contributed by atoms with Gasteiger partial charge in [-0.3, -0.25) is 29.1 Å². The van der Waals surface area contributed by atoms with Crippen molar-refractivity contribution in [1.29, 1.82) is 0 Å². The number of likely N-dealkylation sites (tertiary alicyclic amines) is 2. The minimum absolute atomic E-state index is 0.0303. The van der Waals surface area contributed by atoms with Gasteiger partial charge in [-0.2, -0.15) is 4.98 Å². The predicted molar refractivity (Wildman–Crippen MR) is 234 cm³/mol. The number of benzene rings is 3. The number of hydrogen-bond donors (Lipinski definition) is 2. The van der Waals surface area contributed by atoms with Crippen LogP contribution in [0.1, 0.15) is 134 Å². The fourth-order valence-electron chi connectivity index (χ4n) is 12.5. The van der Waals surface area contributed by atoms with E-state index in [1.165, 1.54) is 87.0 Å². The zero-order valence-corrected chi connectivity index (χ0v) is 35.7. The Bertz CT molecular complexity index is 2490. The van der Waals surface area contributed by atoms with Crippen molar-refractivity contribution in [3.05, 3.63) is 97.5 Å². The third-order valence-electron chi connectivity index (χ3n) is 15.9. The van der Waals surface area contributed by atoms with Crippen molar-refractivity contribution in [2.24, 2.45) is 5.92 Å². The number of fused-ring (bicyclic) bond motifs is 11. The van der Waals surface area contributed by atoms with Crippen molar-refractivity contribution in [3.63, 3.8) is 0 Å². The van der Waals surface area contributed by atoms with Crippen LogP contribution in [0.25, 0.3) is 16.6 Å². The average molecular weight is 843 g/mol. The first-order valence-corrected chi connectivity index (χ1v) is 23.3. The monoisotopic (exact) mass is 842 g/mol. The fraction of sp³-hybridized carbons (Fsp3) is 0.531. The molecule has 5 fully saturated rings. The molecule has 7 heterocycles. The molecule has 0 unspecified atom stereocenters. The van der Waals surface area contributed by atoms with Gasteiger partial charge in [-0.25, -0.2) is 0 Å². The number of rotatable bonds is 4. The molecule has 3 saturated heterocycles. The third-order valence-corrected chi connectivity index (χ3v) is 16.2. The van der Waals surface area contributed by atoms with Gasteiger partial charge >= 0.3 is 0 Å². The van der Waals surface area contributed by atoms with Crippen LogP contribution < -0.4 is 20.9 Å². The number of imide groups is 1. The lowest BCUT2D eigenvalue weighted by Gasteiger charge is -2.48. The predicted octanol–water partition coefficient (Wildman–Crippen LogP) is 7.04. The van der Waals surface area contributed by atoms with Crippen molar-refractivity contribution in [2.75, 3.05) is 39.3 Å². The SMILES string of the molecule is O=C1CCCC(=O)N1.O=C1NCc2c1ccc1c2OCC12CCN(CC1CC(N3CCC(c4ccc5c(c4)C4(CCCCC4)c4nc(=O)c6c(Cl)cccc6n4-5)CC3)C1)CC2. The van der Waals surface area contributed by atoms with Crippen LogP contribution in [-0.4, -0.2) is 82.4 Å². The van der Waals surface area contributed by atoms with Gasteiger partial charge in [0, 0.05) is 54.1 Å². The molecule has 8 aliphatic rings. The summed E-state index contributed by atoms with van der Waals surface area (Å²) in [5.41, 5.74) is 7.83. The summed E-state index contributed by atoms with van der Waals surface area (Å²) in [6.45, 7) is 7.20. The summed E-state index contributed by atoms with van der Waals surface area (Å²) >= 11 is 6.57. The Balaban J connectivity index is 0.000000475. The van der Waals surface area contributed by atoms with Gasteiger partial charge in [0.25, 0.3) is 11.5 Å². The molecule has 2 N–H and O–H groups in total. The van der Waals surface area contributed by atoms with Crippen LogP contribution in [0.5, 0.6) is 5.75 Å². The Morgan fingerprint density at radius 1 is 0.836 bits per heavy atom. The Hall–Kier alpha value is -4.58. The van der Waals surface area contributed by atoms with Crippen LogP contribution in [0.4, 0.5) is 0 Å². The quantitative estimate of drug-likeness (QED) is 0.210.